The van der Waals surface area contributed by atoms with Crippen molar-refractivity contribution in [2.24, 2.45) is 28.7 Å². The Kier molecular flexibility index (Phi) is 12.7. The van der Waals surface area contributed by atoms with Crippen LogP contribution in [0.4, 0.5) is 17.6 Å². The van der Waals surface area contributed by atoms with Crippen LogP contribution in [0, 0.1) is 29.5 Å². The molecule has 9 heteroatoms. The van der Waals surface area contributed by atoms with Crippen molar-refractivity contribution in [3.8, 4) is 0 Å². The smallest absolute Gasteiger partial charge is 0.428 e. The van der Waals surface area contributed by atoms with Gasteiger partial charge in [0, 0.05) is 5.92 Å². The van der Waals surface area contributed by atoms with Crippen molar-refractivity contribution in [3.63, 3.8) is 0 Å². The topological polar surface area (TPSA) is 76.0 Å². The molecule has 1 saturated heterocycles. The summed E-state index contributed by atoms with van der Waals surface area (Å²) in [5, 5.41) is 9.30. The lowest BCUT2D eigenvalue weighted by Crippen LogP contribution is -2.48. The molecule has 1 heterocycles. The highest BCUT2D eigenvalue weighted by atomic mass is 19.4. The van der Waals surface area contributed by atoms with Gasteiger partial charge in [-0.3, -0.25) is 9.79 Å². The predicted octanol–water partition coefficient (Wildman–Crippen LogP) is 10.2. The zero-order valence-electron chi connectivity index (χ0n) is 29.0. The number of carbonyl (C=O) groups excluding carboxylic acids is 1. The molecular formula is C39H51F4NO4. The fraction of sp³-hybridized carbons (Fsp3) is 0.615. The summed E-state index contributed by atoms with van der Waals surface area (Å²) in [6.45, 7) is 9.92. The summed E-state index contributed by atoms with van der Waals surface area (Å²) in [6.07, 6.45) is 9.61. The minimum absolute atomic E-state index is 0.0220. The Hall–Kier alpha value is -3.07. The van der Waals surface area contributed by atoms with E-state index < -0.39 is 29.3 Å². The van der Waals surface area contributed by atoms with Gasteiger partial charge in [0.25, 0.3) is 0 Å². The van der Waals surface area contributed by atoms with Crippen LogP contribution in [0.15, 0.2) is 58.1 Å². The number of alkyl halides is 3. The van der Waals surface area contributed by atoms with Crippen molar-refractivity contribution in [2.75, 3.05) is 13.2 Å². The Bertz CT molecular complexity index is 1440. The SMILES string of the molecule is CC(=NC/C=C1/C/C(=C\C(=O)[C@@]2(C3CC3)CC[C@@H](/C(=C/CCC(C)c3ccc(F)c(C(=O)O)c3)CC(C)C)CO2)CCC1C)C(F)(F)F. The molecule has 264 valence electrons. The number of carbonyl (C=O) groups is 2. The number of aromatic carboxylic acids is 1. The van der Waals surface area contributed by atoms with E-state index in [4.69, 9.17) is 4.74 Å². The second-order valence-corrected chi connectivity index (χ2v) is 14.6. The number of ketones is 1. The zero-order chi connectivity index (χ0) is 35.2. The van der Waals surface area contributed by atoms with Gasteiger partial charge >= 0.3 is 12.1 Å². The van der Waals surface area contributed by atoms with Crippen molar-refractivity contribution in [3.05, 3.63) is 70.1 Å². The lowest BCUT2D eigenvalue weighted by atomic mass is 9.76. The van der Waals surface area contributed by atoms with Crippen LogP contribution in [0.25, 0.3) is 0 Å². The van der Waals surface area contributed by atoms with Gasteiger partial charge in [-0.1, -0.05) is 62.6 Å². The quantitative estimate of drug-likeness (QED) is 0.0979. The van der Waals surface area contributed by atoms with Gasteiger partial charge in [0.15, 0.2) is 5.78 Å². The summed E-state index contributed by atoms with van der Waals surface area (Å²) in [4.78, 5) is 29.0. The van der Waals surface area contributed by atoms with Crippen molar-refractivity contribution >= 4 is 17.5 Å². The molecule has 0 aromatic heterocycles. The van der Waals surface area contributed by atoms with Crippen LogP contribution in [0.1, 0.15) is 121 Å². The molecule has 1 aromatic rings. The average Bonchev–Trinajstić information content (AvgIpc) is 3.88. The maximum atomic E-state index is 14.0. The first-order chi connectivity index (χ1) is 22.6. The second-order valence-electron chi connectivity index (χ2n) is 14.6. The van der Waals surface area contributed by atoms with Gasteiger partial charge in [0.2, 0.25) is 0 Å². The number of ether oxygens (including phenoxy) is 1. The molecule has 0 amide bonds. The molecule has 2 aliphatic carbocycles. The fourth-order valence-corrected chi connectivity index (χ4v) is 7.15. The number of carboxylic acids is 1. The molecular weight excluding hydrogens is 622 g/mol. The summed E-state index contributed by atoms with van der Waals surface area (Å²) < 4.78 is 59.1. The van der Waals surface area contributed by atoms with E-state index in [0.29, 0.717) is 25.4 Å². The predicted molar refractivity (Wildman–Crippen MR) is 181 cm³/mol. The first kappa shape index (κ1) is 37.7. The van der Waals surface area contributed by atoms with E-state index in [9.17, 15) is 32.3 Å². The van der Waals surface area contributed by atoms with E-state index in [1.54, 1.807) is 18.2 Å². The zero-order valence-corrected chi connectivity index (χ0v) is 29.0. The first-order valence-electron chi connectivity index (χ1n) is 17.5. The molecule has 4 atom stereocenters. The highest BCUT2D eigenvalue weighted by molar-refractivity contribution is 5.98. The van der Waals surface area contributed by atoms with E-state index in [0.717, 1.165) is 75.0 Å². The summed E-state index contributed by atoms with van der Waals surface area (Å²) in [7, 11) is 0. The Morgan fingerprint density at radius 2 is 1.88 bits per heavy atom. The molecule has 1 aromatic carbocycles. The number of benzene rings is 1. The Morgan fingerprint density at radius 1 is 1.15 bits per heavy atom. The molecule has 0 radical (unpaired) electrons. The van der Waals surface area contributed by atoms with Gasteiger partial charge in [-0.25, -0.2) is 9.18 Å². The van der Waals surface area contributed by atoms with Gasteiger partial charge in [0.05, 0.1) is 18.7 Å². The van der Waals surface area contributed by atoms with Crippen molar-refractivity contribution < 1.29 is 37.0 Å². The van der Waals surface area contributed by atoms with Gasteiger partial charge < -0.3 is 9.84 Å². The number of hydrogen-bond donors (Lipinski definition) is 1. The Balaban J connectivity index is 1.41. The van der Waals surface area contributed by atoms with Gasteiger partial charge in [-0.15, -0.1) is 0 Å². The minimum atomic E-state index is -4.42. The largest absolute Gasteiger partial charge is 0.478 e. The number of carboxylic acid groups (broad SMARTS) is 1. The van der Waals surface area contributed by atoms with E-state index in [1.807, 2.05) is 6.92 Å². The van der Waals surface area contributed by atoms with E-state index in [2.05, 4.69) is 31.8 Å². The number of allylic oxidation sites excluding steroid dienone is 3. The van der Waals surface area contributed by atoms with Crippen molar-refractivity contribution in [2.45, 2.75) is 117 Å². The van der Waals surface area contributed by atoms with E-state index in [1.165, 1.54) is 17.7 Å². The van der Waals surface area contributed by atoms with Crippen LogP contribution in [-0.2, 0) is 9.53 Å². The molecule has 5 nitrogen and oxygen atoms in total. The third kappa shape index (κ3) is 9.76. The standard InChI is InChI=1S/C39H51F4NO4/c1-24(2)19-31(8-6-7-25(3)29-11-14-35(40)34(22-29)37(46)47)32-15-17-38(48-23-32,33-12-13-33)36(45)21-28-10-9-26(4)30(20-28)16-18-44-27(5)39(41,42)43/h8,11,14,16,21-22,24-26,32-33H,6-7,9-10,12-13,15,17-20,23H2,1-5H3,(H,46,47)/b28-21-,30-16-,31-8+,44-27?/t25?,26?,32-,38+/m1/s1. The number of aliphatic imine (C=N–C) groups is 1. The highest BCUT2D eigenvalue weighted by Gasteiger charge is 2.53. The van der Waals surface area contributed by atoms with Gasteiger partial charge in [0.1, 0.15) is 17.1 Å². The van der Waals surface area contributed by atoms with Crippen LogP contribution >= 0.6 is 0 Å². The van der Waals surface area contributed by atoms with Crippen LogP contribution in [0.2, 0.25) is 0 Å². The fourth-order valence-electron chi connectivity index (χ4n) is 7.15. The van der Waals surface area contributed by atoms with E-state index >= 15 is 0 Å². The molecule has 3 fully saturated rings. The van der Waals surface area contributed by atoms with Crippen LogP contribution in [-0.4, -0.2) is 47.5 Å². The molecule has 4 rings (SSSR count). The average molecular weight is 674 g/mol. The number of halogens is 4. The molecule has 0 spiro atoms. The molecule has 2 unspecified atom stereocenters. The highest BCUT2D eigenvalue weighted by Crippen LogP contribution is 2.49. The lowest BCUT2D eigenvalue weighted by Gasteiger charge is -2.40. The summed E-state index contributed by atoms with van der Waals surface area (Å²) in [5.74, 6) is -0.805. The third-order valence-electron chi connectivity index (χ3n) is 10.4. The normalized spacial score (nSPS) is 26.7. The lowest BCUT2D eigenvalue weighted by molar-refractivity contribution is -0.154. The van der Waals surface area contributed by atoms with Gasteiger partial charge in [-0.2, -0.15) is 13.2 Å². The van der Waals surface area contributed by atoms with E-state index in [-0.39, 0.29) is 41.6 Å². The number of hydrogen-bond acceptors (Lipinski definition) is 4. The molecule has 0 bridgehead atoms. The Morgan fingerprint density at radius 3 is 2.48 bits per heavy atom. The monoisotopic (exact) mass is 673 g/mol. The first-order valence-corrected chi connectivity index (χ1v) is 17.5. The molecule has 1 aliphatic heterocycles. The van der Waals surface area contributed by atoms with Gasteiger partial charge in [-0.05, 0) is 119 Å². The van der Waals surface area contributed by atoms with Crippen LogP contribution in [0.5, 0.6) is 0 Å². The van der Waals surface area contributed by atoms with Crippen LogP contribution in [0.3, 0.4) is 0 Å². The minimum Gasteiger partial charge on any atom is -0.478 e. The third-order valence-corrected chi connectivity index (χ3v) is 10.4. The molecule has 48 heavy (non-hydrogen) atoms. The summed E-state index contributed by atoms with van der Waals surface area (Å²) >= 11 is 0. The summed E-state index contributed by atoms with van der Waals surface area (Å²) in [5.41, 5.74) is 2.22. The number of nitrogens with zero attached hydrogens (tertiary/aromatic N) is 1. The molecule has 1 N–H and O–H groups in total. The maximum absolute atomic E-state index is 14.0. The summed E-state index contributed by atoms with van der Waals surface area (Å²) in [6, 6.07) is 4.31. The van der Waals surface area contributed by atoms with Crippen LogP contribution < -0.4 is 0 Å². The molecule has 2 saturated carbocycles. The van der Waals surface area contributed by atoms with Crippen molar-refractivity contribution in [1.82, 2.24) is 0 Å². The Labute approximate surface area is 282 Å². The second kappa shape index (κ2) is 16.1. The molecule has 3 aliphatic rings. The van der Waals surface area contributed by atoms with Crippen molar-refractivity contribution in [1.29, 1.82) is 0 Å². The number of rotatable bonds is 13. The maximum Gasteiger partial charge on any atom is 0.428 e.